The normalized spacial score (nSPS) is 15.4. The van der Waals surface area contributed by atoms with Crippen LogP contribution in [-0.4, -0.2) is 75.3 Å². The van der Waals surface area contributed by atoms with E-state index in [0.717, 1.165) is 12.8 Å². The lowest BCUT2D eigenvalue weighted by molar-refractivity contribution is -0.147. The van der Waals surface area contributed by atoms with Crippen LogP contribution in [0.3, 0.4) is 0 Å². The summed E-state index contributed by atoms with van der Waals surface area (Å²) in [5.74, 6) is -5.24. The molecule has 0 unspecified atom stereocenters. The van der Waals surface area contributed by atoms with E-state index in [1.165, 1.54) is 0 Å². The average molecular weight is 475 g/mol. The van der Waals surface area contributed by atoms with Gasteiger partial charge in [0.15, 0.2) is 0 Å². The highest BCUT2D eigenvalue weighted by Gasteiger charge is 2.31. The van der Waals surface area contributed by atoms with E-state index < -0.39 is 66.4 Å². The predicted octanol–water partition coefficient (Wildman–Crippen LogP) is -0.521. The molecule has 0 radical (unpaired) electrons. The van der Waals surface area contributed by atoms with Gasteiger partial charge in [0.05, 0.1) is 6.42 Å². The van der Waals surface area contributed by atoms with E-state index in [9.17, 15) is 29.1 Å². The van der Waals surface area contributed by atoms with Crippen LogP contribution in [0, 0.1) is 0 Å². The number of aliphatic carboxylic acids is 2. The van der Waals surface area contributed by atoms with Crippen molar-refractivity contribution in [3.05, 3.63) is 0 Å². The van der Waals surface area contributed by atoms with Crippen LogP contribution in [0.4, 0.5) is 0 Å². The summed E-state index contributed by atoms with van der Waals surface area (Å²) < 4.78 is 0. The van der Waals surface area contributed by atoms with E-state index in [1.54, 1.807) is 13.8 Å². The molecule has 8 N–H and O–H groups in total. The van der Waals surface area contributed by atoms with Gasteiger partial charge in [-0.25, -0.2) is 4.79 Å². The Kier molecular flexibility index (Phi) is 14.7. The molecule has 5 atom stereocenters. The van der Waals surface area contributed by atoms with Crippen molar-refractivity contribution in [1.82, 2.24) is 16.0 Å². The number of unbranched alkanes of at least 4 members (excludes halogenated alkanes) is 1. The van der Waals surface area contributed by atoms with E-state index in [-0.39, 0.29) is 12.8 Å². The Balaban J connectivity index is 5.28. The molecule has 0 saturated carbocycles. The first-order valence-corrected chi connectivity index (χ1v) is 11.3. The van der Waals surface area contributed by atoms with Crippen LogP contribution < -0.4 is 21.7 Å². The molecule has 0 aromatic heterocycles. The largest absolute Gasteiger partial charge is 0.481 e. The number of rotatable bonds is 17. The summed E-state index contributed by atoms with van der Waals surface area (Å²) in [4.78, 5) is 59.8. The number of aliphatic hydroxyl groups excluding tert-OH is 1. The SMILES string of the molecule is CCCC[C@@H](N)[C@H](O)C(=O)N[C@@H](CCC)C(=O)N[C@@H](CCC)C(=O)N[C@@H](CC(=O)O)C(=O)O. The van der Waals surface area contributed by atoms with Crippen molar-refractivity contribution in [2.45, 2.75) is 102 Å². The van der Waals surface area contributed by atoms with Crippen molar-refractivity contribution in [3.63, 3.8) is 0 Å². The Morgan fingerprint density at radius 1 is 0.727 bits per heavy atom. The number of carboxylic acids is 2. The standard InChI is InChI=1S/C21H38N4O8/c1-4-7-10-12(22)17(28)20(31)24-14(9-6-3)18(29)23-13(8-5-2)19(30)25-15(21(32)33)11-16(26)27/h12-15,17,28H,4-11,22H2,1-3H3,(H,23,29)(H,24,31)(H,25,30)(H,26,27)(H,32,33)/t12-,13+,14+,15+,17+/m1/s1. The molecule has 0 heterocycles. The summed E-state index contributed by atoms with van der Waals surface area (Å²) in [5, 5.41) is 35.2. The number of nitrogens with one attached hydrogen (secondary N) is 3. The summed E-state index contributed by atoms with van der Waals surface area (Å²) in [6.45, 7) is 5.48. The molecule has 0 aliphatic carbocycles. The maximum atomic E-state index is 12.8. The fraction of sp³-hybridized carbons (Fsp3) is 0.762. The zero-order valence-electron chi connectivity index (χ0n) is 19.5. The van der Waals surface area contributed by atoms with Gasteiger partial charge in [0, 0.05) is 6.04 Å². The van der Waals surface area contributed by atoms with Crippen LogP contribution in [-0.2, 0) is 24.0 Å². The second-order valence-corrected chi connectivity index (χ2v) is 7.95. The summed E-state index contributed by atoms with van der Waals surface area (Å²) in [6.07, 6.45) is 1.07. The summed E-state index contributed by atoms with van der Waals surface area (Å²) in [5.41, 5.74) is 5.84. The summed E-state index contributed by atoms with van der Waals surface area (Å²) >= 11 is 0. The van der Waals surface area contributed by atoms with Crippen LogP contribution in [0.15, 0.2) is 0 Å². The molecule has 0 aromatic rings. The molecule has 0 aromatic carbocycles. The molecular formula is C21H38N4O8. The second kappa shape index (κ2) is 16.0. The van der Waals surface area contributed by atoms with Crippen LogP contribution in [0.5, 0.6) is 0 Å². The van der Waals surface area contributed by atoms with Crippen molar-refractivity contribution >= 4 is 29.7 Å². The smallest absolute Gasteiger partial charge is 0.326 e. The number of carbonyl (C=O) groups excluding carboxylic acids is 3. The molecule has 3 amide bonds. The topological polar surface area (TPSA) is 208 Å². The fourth-order valence-electron chi connectivity index (χ4n) is 3.08. The zero-order valence-corrected chi connectivity index (χ0v) is 19.5. The number of nitrogens with two attached hydrogens (primary N) is 1. The molecular weight excluding hydrogens is 436 g/mol. The van der Waals surface area contributed by atoms with Gasteiger partial charge in [-0.1, -0.05) is 46.5 Å². The van der Waals surface area contributed by atoms with E-state index in [4.69, 9.17) is 15.9 Å². The van der Waals surface area contributed by atoms with Crippen molar-refractivity contribution in [1.29, 1.82) is 0 Å². The molecule has 0 fully saturated rings. The van der Waals surface area contributed by atoms with Gasteiger partial charge < -0.3 is 37.0 Å². The molecule has 12 nitrogen and oxygen atoms in total. The average Bonchev–Trinajstić information content (AvgIpc) is 2.75. The molecule has 0 saturated heterocycles. The second-order valence-electron chi connectivity index (χ2n) is 7.95. The Labute approximate surface area is 193 Å². The Bertz CT molecular complexity index is 673. The van der Waals surface area contributed by atoms with Crippen LogP contribution in [0.1, 0.15) is 72.1 Å². The lowest BCUT2D eigenvalue weighted by Crippen LogP contribution is -2.57. The minimum absolute atomic E-state index is 0.161. The van der Waals surface area contributed by atoms with Crippen LogP contribution in [0.25, 0.3) is 0 Å². The first-order chi connectivity index (χ1) is 15.5. The number of hydrogen-bond acceptors (Lipinski definition) is 7. The third-order valence-corrected chi connectivity index (χ3v) is 4.98. The van der Waals surface area contributed by atoms with Crippen LogP contribution >= 0.6 is 0 Å². The minimum atomic E-state index is -1.66. The molecule has 190 valence electrons. The minimum Gasteiger partial charge on any atom is -0.481 e. The first kappa shape index (κ1) is 30.3. The molecule has 12 heteroatoms. The van der Waals surface area contributed by atoms with Gasteiger partial charge in [-0.15, -0.1) is 0 Å². The van der Waals surface area contributed by atoms with Gasteiger partial charge in [-0.05, 0) is 19.3 Å². The monoisotopic (exact) mass is 474 g/mol. The molecule has 0 aliphatic heterocycles. The first-order valence-electron chi connectivity index (χ1n) is 11.3. The number of amides is 3. The van der Waals surface area contributed by atoms with Gasteiger partial charge in [0.1, 0.15) is 24.2 Å². The quantitative estimate of drug-likeness (QED) is 0.144. The number of carboxylic acid groups (broad SMARTS) is 2. The Morgan fingerprint density at radius 3 is 1.58 bits per heavy atom. The highest BCUT2D eigenvalue weighted by atomic mass is 16.4. The van der Waals surface area contributed by atoms with E-state index in [1.807, 2.05) is 6.92 Å². The lowest BCUT2D eigenvalue weighted by Gasteiger charge is -2.25. The van der Waals surface area contributed by atoms with E-state index >= 15 is 0 Å². The predicted molar refractivity (Wildman–Crippen MR) is 119 cm³/mol. The van der Waals surface area contributed by atoms with Gasteiger partial charge in [-0.3, -0.25) is 19.2 Å². The number of hydrogen-bond donors (Lipinski definition) is 7. The molecule has 0 aliphatic rings. The third kappa shape index (κ3) is 11.6. The Morgan fingerprint density at radius 2 is 1.18 bits per heavy atom. The molecule has 0 rings (SSSR count). The Hall–Kier alpha value is -2.73. The van der Waals surface area contributed by atoms with Gasteiger partial charge >= 0.3 is 11.9 Å². The van der Waals surface area contributed by atoms with Crippen molar-refractivity contribution in [2.75, 3.05) is 0 Å². The van der Waals surface area contributed by atoms with Crippen molar-refractivity contribution < 1.29 is 39.3 Å². The summed E-state index contributed by atoms with van der Waals surface area (Å²) in [6, 6.07) is -4.61. The lowest BCUT2D eigenvalue weighted by atomic mass is 10.0. The molecule has 0 bridgehead atoms. The third-order valence-electron chi connectivity index (χ3n) is 4.98. The van der Waals surface area contributed by atoms with Crippen LogP contribution in [0.2, 0.25) is 0 Å². The molecule has 0 spiro atoms. The highest BCUT2D eigenvalue weighted by molar-refractivity contribution is 5.94. The highest BCUT2D eigenvalue weighted by Crippen LogP contribution is 2.06. The van der Waals surface area contributed by atoms with Gasteiger partial charge in [-0.2, -0.15) is 0 Å². The summed E-state index contributed by atoms with van der Waals surface area (Å²) in [7, 11) is 0. The fourth-order valence-corrected chi connectivity index (χ4v) is 3.08. The zero-order chi connectivity index (χ0) is 25.6. The number of aliphatic hydroxyl groups is 1. The van der Waals surface area contributed by atoms with Gasteiger partial charge in [0.25, 0.3) is 5.91 Å². The van der Waals surface area contributed by atoms with Crippen molar-refractivity contribution in [3.8, 4) is 0 Å². The van der Waals surface area contributed by atoms with E-state index in [0.29, 0.717) is 19.3 Å². The van der Waals surface area contributed by atoms with Crippen molar-refractivity contribution in [2.24, 2.45) is 5.73 Å². The number of carbonyl (C=O) groups is 5. The maximum Gasteiger partial charge on any atom is 0.326 e. The molecule has 33 heavy (non-hydrogen) atoms. The maximum absolute atomic E-state index is 12.8. The van der Waals surface area contributed by atoms with Gasteiger partial charge in [0.2, 0.25) is 11.8 Å². The van der Waals surface area contributed by atoms with E-state index in [2.05, 4.69) is 16.0 Å².